The summed E-state index contributed by atoms with van der Waals surface area (Å²) in [5.41, 5.74) is 1.89. The number of hydrazone groups is 1. The molecule has 0 aliphatic rings. The molecule has 0 saturated carbocycles. The molecule has 1 aromatic carbocycles. The molecule has 0 saturated heterocycles. The third kappa shape index (κ3) is 5.45. The van der Waals surface area contributed by atoms with Crippen LogP contribution < -0.4 is 10.5 Å². The maximum atomic E-state index is 11.0. The topological polar surface area (TPSA) is 122 Å². The van der Waals surface area contributed by atoms with Crippen molar-refractivity contribution in [2.45, 2.75) is 0 Å². The number of nitro groups is 1. The molecule has 0 spiro atoms. The molecule has 0 aliphatic heterocycles. The van der Waals surface area contributed by atoms with Gasteiger partial charge in [-0.15, -0.1) is 0 Å². The number of nitriles is 1. The van der Waals surface area contributed by atoms with E-state index in [4.69, 9.17) is 49.9 Å². The van der Waals surface area contributed by atoms with Gasteiger partial charge < -0.3 is 14.1 Å². The van der Waals surface area contributed by atoms with Gasteiger partial charge in [-0.1, -0.05) is 23.8 Å². The Bertz CT molecular complexity index is 774. The van der Waals surface area contributed by atoms with E-state index in [0.29, 0.717) is 0 Å². The number of hydrogen-bond donors (Lipinski definition) is 2. The highest BCUT2D eigenvalue weighted by Crippen LogP contribution is 2.41. The number of nitro benzene ring substituents is 1. The average molecular weight is 408 g/mol. The zero-order chi connectivity index (χ0) is 18.3. The van der Waals surface area contributed by atoms with Gasteiger partial charge in [0.05, 0.1) is 4.92 Å². The first kappa shape index (κ1) is 20.4. The maximum Gasteiger partial charge on any atom is 0.295 e. The summed E-state index contributed by atoms with van der Waals surface area (Å²) in [4.78, 5) is 10.2. The Morgan fingerprint density at radius 2 is 2.12 bits per heavy atom. The molecule has 1 aromatic rings. The van der Waals surface area contributed by atoms with Crippen LogP contribution in [0, 0.1) is 21.4 Å². The molecule has 24 heavy (non-hydrogen) atoms. The largest absolute Gasteiger partial charge is 0.317 e. The highest BCUT2D eigenvalue weighted by molar-refractivity contribution is 8.09. The monoisotopic (exact) mass is 407 g/mol. The van der Waals surface area contributed by atoms with Gasteiger partial charge in [0.2, 0.25) is 0 Å². The SMILES string of the molecule is COP(=S)(NC(=S)/C(C#N)=N/Nc1ccc(Cl)cc1[N+](=O)[O-])OC. The second-order valence-electron chi connectivity index (χ2n) is 3.91. The number of benzene rings is 1. The summed E-state index contributed by atoms with van der Waals surface area (Å²) in [7, 11) is 2.66. The molecular formula is C11H11ClN5O4PS2. The Hall–Kier alpha value is -1.67. The molecule has 13 heteroatoms. The molecule has 0 fully saturated rings. The van der Waals surface area contributed by atoms with Gasteiger partial charge in [-0.2, -0.15) is 10.4 Å². The van der Waals surface area contributed by atoms with Crippen LogP contribution >= 0.6 is 30.5 Å². The van der Waals surface area contributed by atoms with Gasteiger partial charge in [0, 0.05) is 25.3 Å². The van der Waals surface area contributed by atoms with Crippen molar-refractivity contribution >= 4 is 64.3 Å². The molecule has 2 N–H and O–H groups in total. The minimum Gasteiger partial charge on any atom is -0.317 e. The summed E-state index contributed by atoms with van der Waals surface area (Å²) in [6.45, 7) is -2.87. The molecule has 0 aromatic heterocycles. The summed E-state index contributed by atoms with van der Waals surface area (Å²) in [5.74, 6) is 0. The Labute approximate surface area is 153 Å². The van der Waals surface area contributed by atoms with Crippen molar-refractivity contribution in [3.63, 3.8) is 0 Å². The molecule has 128 valence electrons. The fourth-order valence-corrected chi connectivity index (χ4v) is 3.09. The van der Waals surface area contributed by atoms with Crippen molar-refractivity contribution < 1.29 is 14.0 Å². The van der Waals surface area contributed by atoms with E-state index in [9.17, 15) is 10.1 Å². The minimum absolute atomic E-state index is 0.0397. The Morgan fingerprint density at radius 1 is 1.50 bits per heavy atom. The van der Waals surface area contributed by atoms with Gasteiger partial charge in [-0.05, 0) is 23.9 Å². The first-order valence-corrected chi connectivity index (χ1v) is 9.40. The summed E-state index contributed by atoms with van der Waals surface area (Å²) in [5, 5.41) is 26.7. The van der Waals surface area contributed by atoms with Crippen LogP contribution in [0.2, 0.25) is 5.02 Å². The standard InChI is InChI=1S/C11H11ClN5O4PS2/c1-20-22(24,21-2)16-11(23)9(6-13)15-14-8-4-3-7(12)5-10(8)17(18)19/h3-5,14H,1-2H3,(H,16,23,24)/b15-9+. The third-order valence-electron chi connectivity index (χ3n) is 2.48. The number of thiocarbonyl (C=S) groups is 1. The van der Waals surface area contributed by atoms with E-state index in [2.05, 4.69) is 15.6 Å². The number of halogens is 1. The molecule has 0 heterocycles. The van der Waals surface area contributed by atoms with Gasteiger partial charge in [-0.25, -0.2) is 0 Å². The van der Waals surface area contributed by atoms with Gasteiger partial charge in [0.1, 0.15) is 16.7 Å². The van der Waals surface area contributed by atoms with E-state index < -0.39 is 11.6 Å². The van der Waals surface area contributed by atoms with E-state index in [-0.39, 0.29) is 27.1 Å². The summed E-state index contributed by atoms with van der Waals surface area (Å²) < 4.78 is 9.99. The molecule has 0 unspecified atom stereocenters. The fourth-order valence-electron chi connectivity index (χ4n) is 1.34. The molecular weight excluding hydrogens is 397 g/mol. The molecule has 0 bridgehead atoms. The summed E-state index contributed by atoms with van der Waals surface area (Å²) in [6.07, 6.45) is 0. The number of anilines is 1. The zero-order valence-electron chi connectivity index (χ0n) is 12.3. The van der Waals surface area contributed by atoms with E-state index in [1.807, 2.05) is 0 Å². The van der Waals surface area contributed by atoms with Crippen LogP contribution in [0.4, 0.5) is 11.4 Å². The zero-order valence-corrected chi connectivity index (χ0v) is 15.6. The second kappa shape index (κ2) is 8.98. The molecule has 1 rings (SSSR count). The number of rotatable bonds is 7. The van der Waals surface area contributed by atoms with Crippen LogP contribution in [0.5, 0.6) is 0 Å². The van der Waals surface area contributed by atoms with E-state index >= 15 is 0 Å². The van der Waals surface area contributed by atoms with Crippen LogP contribution in [0.1, 0.15) is 0 Å². The lowest BCUT2D eigenvalue weighted by Crippen LogP contribution is -2.27. The first-order chi connectivity index (χ1) is 11.3. The van der Waals surface area contributed by atoms with Gasteiger partial charge in [0.15, 0.2) is 5.71 Å². The normalized spacial score (nSPS) is 11.5. The Morgan fingerprint density at radius 3 is 2.62 bits per heavy atom. The lowest BCUT2D eigenvalue weighted by Gasteiger charge is -2.19. The maximum absolute atomic E-state index is 11.0. The van der Waals surface area contributed by atoms with Gasteiger partial charge >= 0.3 is 0 Å². The Balaban J connectivity index is 3.03. The highest BCUT2D eigenvalue weighted by atomic mass is 35.5. The first-order valence-electron chi connectivity index (χ1n) is 5.98. The van der Waals surface area contributed by atoms with Crippen LogP contribution in [0.25, 0.3) is 0 Å². The van der Waals surface area contributed by atoms with Crippen LogP contribution in [0.15, 0.2) is 23.3 Å². The lowest BCUT2D eigenvalue weighted by atomic mass is 10.3. The van der Waals surface area contributed by atoms with E-state index in [0.717, 1.165) is 6.07 Å². The molecule has 0 radical (unpaired) electrons. The number of hydrogen-bond acceptors (Lipinski definition) is 9. The highest BCUT2D eigenvalue weighted by Gasteiger charge is 2.20. The van der Waals surface area contributed by atoms with Gasteiger partial charge in [-0.3, -0.25) is 15.5 Å². The van der Waals surface area contributed by atoms with Crippen molar-refractivity contribution in [2.75, 3.05) is 19.6 Å². The average Bonchev–Trinajstić information content (AvgIpc) is 2.56. The minimum atomic E-state index is -2.87. The predicted octanol–water partition coefficient (Wildman–Crippen LogP) is 2.97. The summed E-state index contributed by atoms with van der Waals surface area (Å²) in [6, 6.07) is 5.69. The van der Waals surface area contributed by atoms with Crippen LogP contribution in [0.3, 0.4) is 0 Å². The van der Waals surface area contributed by atoms with Crippen LogP contribution in [-0.4, -0.2) is 29.8 Å². The van der Waals surface area contributed by atoms with E-state index in [1.165, 1.54) is 26.4 Å². The van der Waals surface area contributed by atoms with E-state index in [1.54, 1.807) is 6.07 Å². The quantitative estimate of drug-likeness (QED) is 0.231. The van der Waals surface area contributed by atoms with Crippen molar-refractivity contribution in [2.24, 2.45) is 5.10 Å². The number of nitrogens with one attached hydrogen (secondary N) is 2. The molecule has 0 aliphatic carbocycles. The van der Waals surface area contributed by atoms with Gasteiger partial charge in [0.25, 0.3) is 12.3 Å². The molecule has 9 nitrogen and oxygen atoms in total. The second-order valence-corrected chi connectivity index (χ2v) is 8.14. The summed E-state index contributed by atoms with van der Waals surface area (Å²) >= 11 is 15.8. The molecule has 0 amide bonds. The lowest BCUT2D eigenvalue weighted by molar-refractivity contribution is -0.383. The smallest absolute Gasteiger partial charge is 0.295 e. The predicted molar refractivity (Wildman–Crippen MR) is 98.8 cm³/mol. The fraction of sp³-hybridized carbons (Fsp3) is 0.182. The molecule has 0 atom stereocenters. The van der Waals surface area contributed by atoms with Crippen molar-refractivity contribution in [1.82, 2.24) is 5.09 Å². The van der Waals surface area contributed by atoms with Crippen LogP contribution in [-0.2, 0) is 20.9 Å². The van der Waals surface area contributed by atoms with Crippen molar-refractivity contribution in [3.8, 4) is 6.07 Å². The van der Waals surface area contributed by atoms with Crippen molar-refractivity contribution in [3.05, 3.63) is 33.3 Å². The third-order valence-corrected chi connectivity index (χ3v) is 5.79. The number of nitrogens with zero attached hydrogens (tertiary/aromatic N) is 3. The van der Waals surface area contributed by atoms with Crippen molar-refractivity contribution in [1.29, 1.82) is 5.26 Å². The Kier molecular flexibility index (Phi) is 7.62.